The SMILES string of the molecule is Cc1c[nH]c2ncnc(N3CCC(=O)C3)c12. The maximum atomic E-state index is 11.3. The Kier molecular flexibility index (Phi) is 1.92. The molecule has 0 spiro atoms. The largest absolute Gasteiger partial charge is 0.348 e. The normalized spacial score (nSPS) is 16.3. The molecule has 0 saturated carbocycles. The van der Waals surface area contributed by atoms with Crippen LogP contribution in [0.15, 0.2) is 12.5 Å². The molecule has 0 unspecified atom stereocenters. The molecule has 0 atom stereocenters. The van der Waals surface area contributed by atoms with E-state index in [0.717, 1.165) is 29.0 Å². The van der Waals surface area contributed by atoms with Crippen LogP contribution in [0, 0.1) is 6.92 Å². The van der Waals surface area contributed by atoms with Gasteiger partial charge in [0.2, 0.25) is 0 Å². The van der Waals surface area contributed by atoms with Gasteiger partial charge < -0.3 is 9.88 Å². The first kappa shape index (κ1) is 9.33. The lowest BCUT2D eigenvalue weighted by molar-refractivity contribution is -0.116. The van der Waals surface area contributed by atoms with Crippen molar-refractivity contribution in [2.45, 2.75) is 13.3 Å². The summed E-state index contributed by atoms with van der Waals surface area (Å²) in [5.41, 5.74) is 1.95. The summed E-state index contributed by atoms with van der Waals surface area (Å²) in [6, 6.07) is 0. The van der Waals surface area contributed by atoms with Gasteiger partial charge in [-0.1, -0.05) is 0 Å². The summed E-state index contributed by atoms with van der Waals surface area (Å²) in [4.78, 5) is 24.9. The number of nitrogens with zero attached hydrogens (tertiary/aromatic N) is 3. The number of aromatic amines is 1. The van der Waals surface area contributed by atoms with Gasteiger partial charge in [-0.2, -0.15) is 0 Å². The topological polar surface area (TPSA) is 61.9 Å². The van der Waals surface area contributed by atoms with Gasteiger partial charge in [-0.3, -0.25) is 4.79 Å². The zero-order valence-electron chi connectivity index (χ0n) is 9.03. The van der Waals surface area contributed by atoms with Crippen LogP contribution in [0.5, 0.6) is 0 Å². The number of rotatable bonds is 1. The number of H-pyrrole nitrogens is 1. The van der Waals surface area contributed by atoms with Crippen molar-refractivity contribution in [2.24, 2.45) is 0 Å². The molecule has 2 aromatic heterocycles. The third kappa shape index (κ3) is 1.28. The first-order valence-corrected chi connectivity index (χ1v) is 5.31. The number of Topliss-reactive ketones (excluding diaryl/α,β-unsaturated/α-hetero) is 1. The predicted octanol–water partition coefficient (Wildman–Crippen LogP) is 1.05. The van der Waals surface area contributed by atoms with Crippen LogP contribution in [0.2, 0.25) is 0 Å². The minimum Gasteiger partial charge on any atom is -0.348 e. The maximum Gasteiger partial charge on any atom is 0.153 e. The third-order valence-electron chi connectivity index (χ3n) is 2.97. The summed E-state index contributed by atoms with van der Waals surface area (Å²) in [7, 11) is 0. The number of ketones is 1. The highest BCUT2D eigenvalue weighted by Gasteiger charge is 2.23. The molecule has 1 aliphatic rings. The molecule has 5 heteroatoms. The Morgan fingerprint density at radius 1 is 1.44 bits per heavy atom. The second kappa shape index (κ2) is 3.30. The van der Waals surface area contributed by atoms with Crippen molar-refractivity contribution >= 4 is 22.6 Å². The summed E-state index contributed by atoms with van der Waals surface area (Å²) in [6.07, 6.45) is 4.08. The molecule has 0 aliphatic carbocycles. The fraction of sp³-hybridized carbons (Fsp3) is 0.364. The highest BCUT2D eigenvalue weighted by molar-refractivity contribution is 5.94. The molecule has 2 aromatic rings. The third-order valence-corrected chi connectivity index (χ3v) is 2.97. The van der Waals surface area contributed by atoms with Crippen LogP contribution in [0.4, 0.5) is 5.82 Å². The van der Waals surface area contributed by atoms with E-state index in [0.29, 0.717) is 13.0 Å². The zero-order valence-corrected chi connectivity index (χ0v) is 9.03. The van der Waals surface area contributed by atoms with Crippen LogP contribution in [-0.2, 0) is 4.79 Å². The van der Waals surface area contributed by atoms with Gasteiger partial charge in [0.05, 0.1) is 11.9 Å². The highest BCUT2D eigenvalue weighted by atomic mass is 16.1. The van der Waals surface area contributed by atoms with Crippen molar-refractivity contribution in [3.05, 3.63) is 18.1 Å². The average molecular weight is 216 g/mol. The van der Waals surface area contributed by atoms with Crippen molar-refractivity contribution in [3.8, 4) is 0 Å². The van der Waals surface area contributed by atoms with Crippen molar-refractivity contribution in [1.29, 1.82) is 0 Å². The molecule has 0 bridgehead atoms. The molecule has 5 nitrogen and oxygen atoms in total. The van der Waals surface area contributed by atoms with E-state index >= 15 is 0 Å². The number of anilines is 1. The molecule has 0 aromatic carbocycles. The molecule has 3 heterocycles. The van der Waals surface area contributed by atoms with Gasteiger partial charge in [0, 0.05) is 19.2 Å². The summed E-state index contributed by atoms with van der Waals surface area (Å²) in [6.45, 7) is 3.25. The number of fused-ring (bicyclic) bond motifs is 1. The molecule has 0 radical (unpaired) electrons. The minimum atomic E-state index is 0.278. The summed E-state index contributed by atoms with van der Waals surface area (Å²) in [5, 5.41) is 1.03. The van der Waals surface area contributed by atoms with E-state index < -0.39 is 0 Å². The van der Waals surface area contributed by atoms with Gasteiger partial charge in [0.15, 0.2) is 5.78 Å². The second-order valence-corrected chi connectivity index (χ2v) is 4.10. The Hall–Kier alpha value is -1.91. The predicted molar refractivity (Wildman–Crippen MR) is 60.5 cm³/mol. The van der Waals surface area contributed by atoms with Gasteiger partial charge in [-0.05, 0) is 12.5 Å². The summed E-state index contributed by atoms with van der Waals surface area (Å²) in [5.74, 6) is 1.15. The first-order chi connectivity index (χ1) is 7.75. The number of aryl methyl sites for hydroxylation is 1. The Bertz CT molecular complexity index is 560. The molecule has 1 saturated heterocycles. The van der Waals surface area contributed by atoms with Crippen LogP contribution in [0.3, 0.4) is 0 Å². The quantitative estimate of drug-likeness (QED) is 0.773. The van der Waals surface area contributed by atoms with E-state index in [9.17, 15) is 4.79 Å². The molecule has 3 rings (SSSR count). The highest BCUT2D eigenvalue weighted by Crippen LogP contribution is 2.27. The van der Waals surface area contributed by atoms with Crippen molar-refractivity contribution < 1.29 is 4.79 Å². The lowest BCUT2D eigenvalue weighted by Crippen LogP contribution is -2.21. The van der Waals surface area contributed by atoms with Gasteiger partial charge in [0.25, 0.3) is 0 Å². The summed E-state index contributed by atoms with van der Waals surface area (Å²) >= 11 is 0. The van der Waals surface area contributed by atoms with E-state index in [1.807, 2.05) is 18.0 Å². The standard InChI is InChI=1S/C11H12N4O/c1-7-4-12-10-9(7)11(14-6-13-10)15-3-2-8(16)5-15/h4,6H,2-3,5H2,1H3,(H,12,13,14). The van der Waals surface area contributed by atoms with E-state index in [2.05, 4.69) is 15.0 Å². The van der Waals surface area contributed by atoms with Gasteiger partial charge in [-0.15, -0.1) is 0 Å². The first-order valence-electron chi connectivity index (χ1n) is 5.31. The number of aromatic nitrogens is 3. The lowest BCUT2D eigenvalue weighted by atomic mass is 10.2. The van der Waals surface area contributed by atoms with Crippen LogP contribution < -0.4 is 4.90 Å². The zero-order chi connectivity index (χ0) is 11.1. The van der Waals surface area contributed by atoms with Gasteiger partial charge in [0.1, 0.15) is 17.8 Å². The van der Waals surface area contributed by atoms with Crippen molar-refractivity contribution in [2.75, 3.05) is 18.0 Å². The van der Waals surface area contributed by atoms with Crippen LogP contribution in [0.1, 0.15) is 12.0 Å². The molecule has 1 aliphatic heterocycles. The van der Waals surface area contributed by atoms with E-state index in [1.165, 1.54) is 6.33 Å². The number of nitrogens with one attached hydrogen (secondary N) is 1. The Morgan fingerprint density at radius 3 is 3.06 bits per heavy atom. The monoisotopic (exact) mass is 216 g/mol. The van der Waals surface area contributed by atoms with Crippen molar-refractivity contribution in [1.82, 2.24) is 15.0 Å². The van der Waals surface area contributed by atoms with Crippen LogP contribution in [0.25, 0.3) is 11.0 Å². The average Bonchev–Trinajstić information content (AvgIpc) is 2.86. The van der Waals surface area contributed by atoms with Crippen molar-refractivity contribution in [3.63, 3.8) is 0 Å². The molecule has 0 amide bonds. The van der Waals surface area contributed by atoms with E-state index in [4.69, 9.17) is 0 Å². The van der Waals surface area contributed by atoms with E-state index in [-0.39, 0.29) is 5.78 Å². The lowest BCUT2D eigenvalue weighted by Gasteiger charge is -2.16. The van der Waals surface area contributed by atoms with Crippen LogP contribution >= 0.6 is 0 Å². The molecule has 82 valence electrons. The van der Waals surface area contributed by atoms with Gasteiger partial charge >= 0.3 is 0 Å². The number of hydrogen-bond acceptors (Lipinski definition) is 4. The summed E-state index contributed by atoms with van der Waals surface area (Å²) < 4.78 is 0. The number of hydrogen-bond donors (Lipinski definition) is 1. The second-order valence-electron chi connectivity index (χ2n) is 4.10. The number of carbonyl (C=O) groups excluding carboxylic acids is 1. The Labute approximate surface area is 92.5 Å². The smallest absolute Gasteiger partial charge is 0.153 e. The van der Waals surface area contributed by atoms with Crippen LogP contribution in [-0.4, -0.2) is 33.8 Å². The maximum absolute atomic E-state index is 11.3. The Morgan fingerprint density at radius 2 is 2.31 bits per heavy atom. The number of carbonyl (C=O) groups is 1. The molecule has 1 fully saturated rings. The molecular weight excluding hydrogens is 204 g/mol. The molecular formula is C11H12N4O. The fourth-order valence-corrected chi connectivity index (χ4v) is 2.15. The Balaban J connectivity index is 2.15. The minimum absolute atomic E-state index is 0.278. The fourth-order valence-electron chi connectivity index (χ4n) is 2.15. The van der Waals surface area contributed by atoms with E-state index in [1.54, 1.807) is 0 Å². The van der Waals surface area contributed by atoms with Gasteiger partial charge in [-0.25, -0.2) is 9.97 Å². The molecule has 1 N–H and O–H groups in total. The molecule has 16 heavy (non-hydrogen) atoms.